The van der Waals surface area contributed by atoms with Gasteiger partial charge in [0.05, 0.1) is 0 Å². The highest BCUT2D eigenvalue weighted by Gasteiger charge is 2.50. The second-order valence-electron chi connectivity index (χ2n) is 10.7. The predicted octanol–water partition coefficient (Wildman–Crippen LogP) is 3.55. The van der Waals surface area contributed by atoms with Crippen molar-refractivity contribution in [3.05, 3.63) is 0 Å². The Morgan fingerprint density at radius 3 is 1.85 bits per heavy atom. The third-order valence-corrected chi connectivity index (χ3v) is 7.74. The van der Waals surface area contributed by atoms with Gasteiger partial charge in [-0.1, -0.05) is 20.8 Å². The van der Waals surface area contributed by atoms with Gasteiger partial charge in [0.25, 0.3) is 0 Å². The summed E-state index contributed by atoms with van der Waals surface area (Å²) in [6.07, 6.45) is 8.54. The quantitative estimate of drug-likeness (QED) is 0.755. The molecule has 4 saturated carbocycles. The lowest BCUT2D eigenvalue weighted by Gasteiger charge is -2.57. The van der Waals surface area contributed by atoms with Gasteiger partial charge in [0, 0.05) is 37.5 Å². The van der Waals surface area contributed by atoms with Crippen molar-refractivity contribution in [1.29, 1.82) is 0 Å². The fourth-order valence-corrected chi connectivity index (χ4v) is 6.77. The molecule has 1 heterocycles. The van der Waals surface area contributed by atoms with E-state index < -0.39 is 0 Å². The molecule has 5 rings (SSSR count). The molecule has 0 aromatic carbocycles. The normalized spacial score (nSPS) is 37.1. The van der Waals surface area contributed by atoms with Gasteiger partial charge in [0.2, 0.25) is 11.8 Å². The van der Waals surface area contributed by atoms with E-state index in [0.717, 1.165) is 49.6 Å². The zero-order valence-electron chi connectivity index (χ0n) is 17.0. The molecule has 0 N–H and O–H groups in total. The Hall–Kier alpha value is -1.06. The molecule has 4 nitrogen and oxygen atoms in total. The van der Waals surface area contributed by atoms with E-state index in [1.807, 2.05) is 25.7 Å². The van der Waals surface area contributed by atoms with Crippen LogP contribution in [-0.4, -0.2) is 47.8 Å². The highest BCUT2D eigenvalue weighted by Crippen LogP contribution is 2.55. The maximum atomic E-state index is 13.2. The molecule has 5 fully saturated rings. The van der Waals surface area contributed by atoms with Crippen LogP contribution in [0.5, 0.6) is 0 Å². The molecule has 2 amide bonds. The van der Waals surface area contributed by atoms with Crippen LogP contribution in [0.25, 0.3) is 0 Å². The number of nitrogens with zero attached hydrogens (tertiary/aromatic N) is 2. The third-order valence-electron chi connectivity index (χ3n) is 7.74. The Bertz CT molecular complexity index is 543. The van der Waals surface area contributed by atoms with Crippen LogP contribution < -0.4 is 0 Å². The summed E-state index contributed by atoms with van der Waals surface area (Å²) >= 11 is 0. The molecular weight excluding hydrogens is 324 g/mol. The van der Waals surface area contributed by atoms with E-state index in [1.54, 1.807) is 0 Å². The largest absolute Gasteiger partial charge is 0.342 e. The Balaban J connectivity index is 1.36. The number of carbonyl (C=O) groups excluding carboxylic acids is 2. The maximum absolute atomic E-state index is 13.2. The van der Waals surface area contributed by atoms with E-state index in [0.29, 0.717) is 11.9 Å². The molecule has 4 aliphatic carbocycles. The van der Waals surface area contributed by atoms with Crippen molar-refractivity contribution >= 4 is 11.8 Å². The summed E-state index contributed by atoms with van der Waals surface area (Å²) < 4.78 is 0. The van der Waals surface area contributed by atoms with Crippen LogP contribution in [0, 0.1) is 35.0 Å². The maximum Gasteiger partial charge on any atom is 0.227 e. The molecule has 5 aliphatic rings. The molecule has 0 unspecified atom stereocenters. The van der Waals surface area contributed by atoms with Crippen molar-refractivity contribution < 1.29 is 9.59 Å². The highest BCUT2D eigenvalue weighted by molar-refractivity contribution is 5.82. The van der Waals surface area contributed by atoms with Crippen molar-refractivity contribution in [3.8, 4) is 0 Å². The molecular formula is C22H36N2O2. The summed E-state index contributed by atoms with van der Waals surface area (Å²) in [5, 5.41) is 0. The van der Waals surface area contributed by atoms with Gasteiger partial charge in [0.1, 0.15) is 0 Å². The summed E-state index contributed by atoms with van der Waals surface area (Å²) in [5.41, 5.74) is -0.325. The molecule has 4 bridgehead atoms. The molecule has 0 radical (unpaired) electrons. The molecule has 0 aromatic rings. The molecule has 1 aliphatic heterocycles. The molecule has 0 spiro atoms. The summed E-state index contributed by atoms with van der Waals surface area (Å²) in [6, 6.07) is 0.490. The average Bonchev–Trinajstić information content (AvgIpc) is 2.58. The first-order valence-electron chi connectivity index (χ1n) is 10.8. The minimum absolute atomic E-state index is 0.112. The van der Waals surface area contributed by atoms with Crippen LogP contribution in [0.4, 0.5) is 0 Å². The van der Waals surface area contributed by atoms with E-state index >= 15 is 0 Å². The lowest BCUT2D eigenvalue weighted by Crippen LogP contribution is -2.57. The van der Waals surface area contributed by atoms with E-state index in [4.69, 9.17) is 0 Å². The molecule has 1 saturated heterocycles. The van der Waals surface area contributed by atoms with Crippen molar-refractivity contribution in [2.24, 2.45) is 35.0 Å². The van der Waals surface area contributed by atoms with Gasteiger partial charge in [0.15, 0.2) is 0 Å². The standard InChI is InChI=1S/C22H36N2O2/c1-22(2,3)21(26)24-7-5-16(6-8-24)20(25)23(4)19-17-10-14-9-15(12-17)13-18(19)11-14/h14-19H,5-13H2,1-4H3. The van der Waals surface area contributed by atoms with Gasteiger partial charge in [-0.3, -0.25) is 9.59 Å². The molecule has 0 aromatic heterocycles. The molecule has 4 heteroatoms. The van der Waals surface area contributed by atoms with E-state index in [9.17, 15) is 9.59 Å². The number of hydrogen-bond acceptors (Lipinski definition) is 2. The smallest absolute Gasteiger partial charge is 0.227 e. The predicted molar refractivity (Wildman–Crippen MR) is 102 cm³/mol. The number of likely N-dealkylation sites (tertiary alicyclic amines) is 1. The first-order chi connectivity index (χ1) is 12.2. The second-order valence-corrected chi connectivity index (χ2v) is 10.7. The van der Waals surface area contributed by atoms with Gasteiger partial charge in [-0.2, -0.15) is 0 Å². The van der Waals surface area contributed by atoms with E-state index in [2.05, 4.69) is 11.9 Å². The van der Waals surface area contributed by atoms with Crippen molar-refractivity contribution in [2.45, 2.75) is 71.8 Å². The monoisotopic (exact) mass is 360 g/mol. The fraction of sp³-hybridized carbons (Fsp3) is 0.909. The number of amides is 2. The number of hydrogen-bond donors (Lipinski definition) is 0. The summed E-state index contributed by atoms with van der Waals surface area (Å²) in [4.78, 5) is 29.8. The summed E-state index contributed by atoms with van der Waals surface area (Å²) in [7, 11) is 2.07. The third kappa shape index (κ3) is 3.18. The lowest BCUT2D eigenvalue weighted by atomic mass is 9.54. The van der Waals surface area contributed by atoms with Gasteiger partial charge < -0.3 is 9.80 Å². The number of piperidine rings is 1. The topological polar surface area (TPSA) is 40.6 Å². The zero-order valence-corrected chi connectivity index (χ0v) is 17.0. The molecule has 26 heavy (non-hydrogen) atoms. The van der Waals surface area contributed by atoms with Crippen molar-refractivity contribution in [2.75, 3.05) is 20.1 Å². The Kier molecular flexibility index (Phi) is 4.60. The Morgan fingerprint density at radius 2 is 1.38 bits per heavy atom. The van der Waals surface area contributed by atoms with Crippen LogP contribution in [0.1, 0.15) is 65.7 Å². The highest BCUT2D eigenvalue weighted by atomic mass is 16.2. The first-order valence-corrected chi connectivity index (χ1v) is 10.8. The minimum atomic E-state index is -0.325. The lowest BCUT2D eigenvalue weighted by molar-refractivity contribution is -0.150. The SMILES string of the molecule is CN(C(=O)C1CCN(C(=O)C(C)(C)C)CC1)C1C2CC3CC(C2)CC1C3. The second kappa shape index (κ2) is 6.53. The van der Waals surface area contributed by atoms with Gasteiger partial charge in [-0.15, -0.1) is 0 Å². The van der Waals surface area contributed by atoms with Crippen LogP contribution in [-0.2, 0) is 9.59 Å². The van der Waals surface area contributed by atoms with E-state index in [1.165, 1.54) is 32.1 Å². The zero-order chi connectivity index (χ0) is 18.6. The van der Waals surface area contributed by atoms with Crippen molar-refractivity contribution in [3.63, 3.8) is 0 Å². The Labute approximate surface area is 158 Å². The van der Waals surface area contributed by atoms with Crippen LogP contribution in [0.3, 0.4) is 0 Å². The summed E-state index contributed by atoms with van der Waals surface area (Å²) in [5.74, 6) is 4.09. The van der Waals surface area contributed by atoms with Crippen LogP contribution in [0.15, 0.2) is 0 Å². The molecule has 0 atom stereocenters. The summed E-state index contributed by atoms with van der Waals surface area (Å²) in [6.45, 7) is 7.41. The van der Waals surface area contributed by atoms with Crippen LogP contribution >= 0.6 is 0 Å². The molecule has 146 valence electrons. The Morgan fingerprint density at radius 1 is 0.885 bits per heavy atom. The minimum Gasteiger partial charge on any atom is -0.342 e. The first kappa shape index (κ1) is 18.3. The van der Waals surface area contributed by atoms with Gasteiger partial charge in [-0.05, 0) is 68.6 Å². The number of carbonyl (C=O) groups is 2. The fourth-order valence-electron chi connectivity index (χ4n) is 6.77. The van der Waals surface area contributed by atoms with Gasteiger partial charge in [-0.25, -0.2) is 0 Å². The van der Waals surface area contributed by atoms with Gasteiger partial charge >= 0.3 is 0 Å². The van der Waals surface area contributed by atoms with Crippen LogP contribution in [0.2, 0.25) is 0 Å². The van der Waals surface area contributed by atoms with Crippen molar-refractivity contribution in [1.82, 2.24) is 9.80 Å². The average molecular weight is 361 g/mol. The number of rotatable bonds is 2. The van der Waals surface area contributed by atoms with E-state index in [-0.39, 0.29) is 17.2 Å².